The van der Waals surface area contributed by atoms with E-state index in [0.717, 1.165) is 26.4 Å². The number of hydrogen-bond donors (Lipinski definition) is 2. The molecule has 0 spiro atoms. The van der Waals surface area contributed by atoms with Gasteiger partial charge in [-0.15, -0.1) is 0 Å². The number of urea groups is 1. The van der Waals surface area contributed by atoms with Crippen LogP contribution in [0.25, 0.3) is 26.4 Å². The Morgan fingerprint density at radius 1 is 1.18 bits per heavy atom. The molecule has 1 fully saturated rings. The van der Waals surface area contributed by atoms with E-state index in [1.54, 1.807) is 26.0 Å². The van der Waals surface area contributed by atoms with E-state index in [2.05, 4.69) is 15.8 Å². The average molecular weight is 552 g/mol. The normalized spacial score (nSPS) is 24.0. The zero-order valence-corrected chi connectivity index (χ0v) is 22.1. The zero-order chi connectivity index (χ0) is 31.2. The maximum atomic E-state index is 12.4. The summed E-state index contributed by atoms with van der Waals surface area (Å²) in [5, 5.41) is 9.14. The van der Waals surface area contributed by atoms with Crippen LogP contribution in [-0.4, -0.2) is 64.8 Å². The Bertz CT molecular complexity index is 1770. The van der Waals surface area contributed by atoms with Crippen molar-refractivity contribution in [3.63, 3.8) is 0 Å². The highest BCUT2D eigenvalue weighted by molar-refractivity contribution is 7.23. The number of nitrogens with one attached hydrogen (secondary N) is 2. The minimum absolute atomic E-state index is 0.209. The van der Waals surface area contributed by atoms with Gasteiger partial charge in [0.15, 0.2) is 10.8 Å². The molecular weight excluding hydrogens is 516 g/mol. The molecule has 6 rings (SSSR count). The Hall–Kier alpha value is -3.93. The largest absolute Gasteiger partial charge is 0.492 e. The van der Waals surface area contributed by atoms with Crippen LogP contribution >= 0.6 is 11.3 Å². The van der Waals surface area contributed by atoms with Crippen LogP contribution in [0.4, 0.5) is 16.3 Å². The summed E-state index contributed by atoms with van der Waals surface area (Å²) in [7, 11) is 0. The fourth-order valence-corrected chi connectivity index (χ4v) is 5.06. The first-order valence-corrected chi connectivity index (χ1v) is 13.1. The molecule has 202 valence electrons. The van der Waals surface area contributed by atoms with E-state index in [9.17, 15) is 4.79 Å². The fraction of sp³-hybridized carbons (Fsp3) is 0.321. The monoisotopic (exact) mass is 551 g/mol. The van der Waals surface area contributed by atoms with Gasteiger partial charge in [-0.25, -0.2) is 9.78 Å². The van der Waals surface area contributed by atoms with E-state index >= 15 is 0 Å². The third kappa shape index (κ3) is 5.75. The topological polar surface area (TPSA) is 106 Å². The van der Waals surface area contributed by atoms with Crippen LogP contribution in [0.2, 0.25) is 0 Å². The third-order valence-electron chi connectivity index (χ3n) is 6.03. The Kier molecular flexibility index (Phi) is 5.68. The number of nitrogens with zero attached hydrogens (tertiary/aromatic N) is 4. The van der Waals surface area contributed by atoms with Crippen molar-refractivity contribution in [1.82, 2.24) is 19.4 Å². The molecular formula is C28H30N6O4S. The SMILES string of the molecule is [2H]C1OC([2H])C([2H])N(CCOc2ccc3c(c2)sc2nc(-c4ccc(NC(=O)Nc5cc(C([2H])(C)C)on5)cc4)cn23)C1[2H]. The molecule has 4 unspecified atom stereocenters. The molecule has 39 heavy (non-hydrogen) atoms. The standard InChI is InChI=1S/C28H30N6O4S/c1-18(2)24-16-26(32-38-24)31-27(35)29-20-5-3-19(4-6-20)22-17-34-23-8-7-21(15-25(23)39-28(34)30-22)37-14-11-33-9-12-36-13-10-33/h3-8,15-18H,9-14H2,1-2H3,(H2,29,31,32,35)/i9D,10D,12D,13D,18D. The van der Waals surface area contributed by atoms with Gasteiger partial charge in [-0.2, -0.15) is 0 Å². The lowest BCUT2D eigenvalue weighted by atomic mass is 10.1. The molecule has 0 aliphatic carbocycles. The highest BCUT2D eigenvalue weighted by Crippen LogP contribution is 2.32. The second-order valence-electron chi connectivity index (χ2n) is 9.04. The maximum absolute atomic E-state index is 12.4. The fourth-order valence-electron chi connectivity index (χ4n) is 4.02. The second kappa shape index (κ2) is 11.0. The van der Waals surface area contributed by atoms with Crippen molar-refractivity contribution in [2.75, 3.05) is 50.0 Å². The van der Waals surface area contributed by atoms with Crippen molar-refractivity contribution in [1.29, 1.82) is 0 Å². The van der Waals surface area contributed by atoms with Crippen LogP contribution in [0.1, 0.15) is 32.4 Å². The lowest BCUT2D eigenvalue weighted by molar-refractivity contribution is 0.0322. The van der Waals surface area contributed by atoms with E-state index in [4.69, 9.17) is 25.8 Å². The van der Waals surface area contributed by atoms with Gasteiger partial charge in [-0.3, -0.25) is 14.6 Å². The molecule has 1 aliphatic rings. The van der Waals surface area contributed by atoms with Gasteiger partial charge in [0, 0.05) is 53.1 Å². The quantitative estimate of drug-likeness (QED) is 0.255. The first-order valence-electron chi connectivity index (χ1n) is 15.1. The van der Waals surface area contributed by atoms with Crippen LogP contribution in [0.3, 0.4) is 0 Å². The minimum atomic E-state index is -1.19. The van der Waals surface area contributed by atoms with Gasteiger partial charge in [0.2, 0.25) is 0 Å². The number of hydrogen-bond acceptors (Lipinski definition) is 8. The van der Waals surface area contributed by atoms with Crippen molar-refractivity contribution in [3.8, 4) is 17.0 Å². The van der Waals surface area contributed by atoms with Crippen LogP contribution < -0.4 is 15.4 Å². The van der Waals surface area contributed by atoms with Crippen molar-refractivity contribution in [2.45, 2.75) is 19.7 Å². The minimum Gasteiger partial charge on any atom is -0.492 e. The Labute approximate surface area is 236 Å². The first-order chi connectivity index (χ1) is 21.0. The number of imidazole rings is 1. The molecule has 5 aromatic rings. The van der Waals surface area contributed by atoms with E-state index in [-0.39, 0.29) is 19.0 Å². The molecule has 0 radical (unpaired) electrons. The van der Waals surface area contributed by atoms with Crippen molar-refractivity contribution < 1.29 is 25.6 Å². The van der Waals surface area contributed by atoms with Crippen LogP contribution in [0.15, 0.2) is 59.3 Å². The number of morpholine rings is 1. The summed E-state index contributed by atoms with van der Waals surface area (Å²) >= 11 is 1.51. The molecule has 1 aliphatic heterocycles. The summed E-state index contributed by atoms with van der Waals surface area (Å²) in [4.78, 5) is 19.4. The molecule has 1 saturated heterocycles. The lowest BCUT2D eigenvalue weighted by Gasteiger charge is -2.26. The number of carbonyl (C=O) groups excluding carboxylic acids is 1. The predicted octanol–water partition coefficient (Wildman–Crippen LogP) is 5.68. The zero-order valence-electron chi connectivity index (χ0n) is 26.2. The summed E-state index contributed by atoms with van der Waals surface area (Å²) < 4.78 is 58.7. The summed E-state index contributed by atoms with van der Waals surface area (Å²) in [5.74, 6) is 0.248. The molecule has 0 bridgehead atoms. The number of aromatic nitrogens is 3. The van der Waals surface area contributed by atoms with Gasteiger partial charge in [-0.05, 0) is 30.3 Å². The molecule has 2 N–H and O–H groups in total. The Balaban J connectivity index is 1.07. The van der Waals surface area contributed by atoms with Crippen molar-refractivity contribution >= 4 is 44.1 Å². The van der Waals surface area contributed by atoms with Gasteiger partial charge >= 0.3 is 6.03 Å². The van der Waals surface area contributed by atoms with Gasteiger partial charge < -0.3 is 19.3 Å². The van der Waals surface area contributed by atoms with Gasteiger partial charge in [-0.1, -0.05) is 42.5 Å². The number of carbonyl (C=O) groups is 1. The second-order valence-corrected chi connectivity index (χ2v) is 10.0. The Morgan fingerprint density at radius 3 is 2.77 bits per heavy atom. The number of rotatable bonds is 8. The molecule has 2 amide bonds. The number of benzene rings is 2. The molecule has 4 atom stereocenters. The average Bonchev–Trinajstić information content (AvgIpc) is 3.69. The summed E-state index contributed by atoms with van der Waals surface area (Å²) in [6.45, 7) is -0.682. The third-order valence-corrected chi connectivity index (χ3v) is 7.05. The number of thiazole rings is 1. The van der Waals surface area contributed by atoms with E-state index < -0.39 is 38.1 Å². The maximum Gasteiger partial charge on any atom is 0.324 e. The number of ether oxygens (including phenoxy) is 2. The van der Waals surface area contributed by atoms with Crippen molar-refractivity contribution in [3.05, 3.63) is 60.5 Å². The molecule has 3 aromatic heterocycles. The van der Waals surface area contributed by atoms with Crippen LogP contribution in [0.5, 0.6) is 5.75 Å². The number of amides is 2. The summed E-state index contributed by atoms with van der Waals surface area (Å²) in [6.07, 6.45) is 1.95. The van der Waals surface area contributed by atoms with E-state index in [0.29, 0.717) is 17.2 Å². The smallest absolute Gasteiger partial charge is 0.324 e. The highest BCUT2D eigenvalue weighted by Gasteiger charge is 2.14. The lowest BCUT2D eigenvalue weighted by Crippen LogP contribution is -2.38. The molecule has 4 heterocycles. The first kappa shape index (κ1) is 20.0. The van der Waals surface area contributed by atoms with Crippen LogP contribution in [-0.2, 0) is 4.74 Å². The highest BCUT2D eigenvalue weighted by atomic mass is 32.1. The molecule has 11 heteroatoms. The van der Waals surface area contributed by atoms with Gasteiger partial charge in [0.05, 0.1) is 31.8 Å². The van der Waals surface area contributed by atoms with Gasteiger partial charge in [0.25, 0.3) is 0 Å². The molecule has 0 saturated carbocycles. The number of fused-ring (bicyclic) bond motifs is 3. The van der Waals surface area contributed by atoms with Gasteiger partial charge in [0.1, 0.15) is 18.1 Å². The van der Waals surface area contributed by atoms with Crippen LogP contribution in [0, 0.1) is 0 Å². The Morgan fingerprint density at radius 2 is 2.00 bits per heavy atom. The summed E-state index contributed by atoms with van der Waals surface area (Å²) in [5.41, 5.74) is 3.21. The van der Waals surface area contributed by atoms with Crippen molar-refractivity contribution in [2.24, 2.45) is 0 Å². The molecule has 2 aromatic carbocycles. The predicted molar refractivity (Wildman–Crippen MR) is 152 cm³/mol. The van der Waals surface area contributed by atoms with E-state index in [1.165, 1.54) is 22.3 Å². The summed E-state index contributed by atoms with van der Waals surface area (Å²) in [6, 6.07) is 14.1. The number of anilines is 2. The molecule has 10 nitrogen and oxygen atoms in total. The van der Waals surface area contributed by atoms with E-state index in [1.807, 2.05) is 40.9 Å².